The highest BCUT2D eigenvalue weighted by Gasteiger charge is 2.12. The molecule has 2 aromatic rings. The van der Waals surface area contributed by atoms with Crippen molar-refractivity contribution in [2.75, 3.05) is 5.32 Å². The number of aryl methyl sites for hydroxylation is 1. The van der Waals surface area contributed by atoms with Crippen LogP contribution in [0, 0.1) is 29.8 Å². The lowest BCUT2D eigenvalue weighted by molar-refractivity contribution is -0.385. The number of nitro groups is 1. The Kier molecular flexibility index (Phi) is 3.98. The Bertz CT molecular complexity index is 656. The van der Waals surface area contributed by atoms with Gasteiger partial charge in [-0.05, 0) is 43.2 Å². The van der Waals surface area contributed by atoms with Gasteiger partial charge in [0.25, 0.3) is 5.69 Å². The second-order valence-electron chi connectivity index (χ2n) is 4.63. The zero-order chi connectivity index (χ0) is 14.7. The predicted molar refractivity (Wildman–Crippen MR) is 76.3 cm³/mol. The molecule has 0 fully saturated rings. The Morgan fingerprint density at radius 3 is 2.65 bits per heavy atom. The molecule has 4 nitrogen and oxygen atoms in total. The van der Waals surface area contributed by atoms with E-state index in [0.29, 0.717) is 12.1 Å². The minimum atomic E-state index is -0.387. The minimum absolute atomic E-state index is 0.111. The smallest absolute Gasteiger partial charge is 0.272 e. The van der Waals surface area contributed by atoms with E-state index in [4.69, 9.17) is 0 Å². The van der Waals surface area contributed by atoms with Crippen molar-refractivity contribution in [2.45, 2.75) is 20.4 Å². The molecule has 0 saturated heterocycles. The number of nitrogens with zero attached hydrogens (tertiary/aromatic N) is 1. The van der Waals surface area contributed by atoms with Gasteiger partial charge in [0.2, 0.25) is 0 Å². The summed E-state index contributed by atoms with van der Waals surface area (Å²) in [6.07, 6.45) is 0. The van der Waals surface area contributed by atoms with Gasteiger partial charge in [-0.25, -0.2) is 4.39 Å². The molecule has 0 heterocycles. The van der Waals surface area contributed by atoms with Crippen molar-refractivity contribution in [2.24, 2.45) is 0 Å². The molecule has 0 aliphatic rings. The van der Waals surface area contributed by atoms with Gasteiger partial charge in [-0.15, -0.1) is 0 Å². The SMILES string of the molecule is Cc1cc(F)ccc1NCc1cccc([N+](=O)[O-])c1C. The molecule has 0 atom stereocenters. The van der Waals surface area contributed by atoms with E-state index in [-0.39, 0.29) is 16.4 Å². The van der Waals surface area contributed by atoms with Crippen LogP contribution in [-0.4, -0.2) is 4.92 Å². The summed E-state index contributed by atoms with van der Waals surface area (Å²) < 4.78 is 13.0. The van der Waals surface area contributed by atoms with Gasteiger partial charge < -0.3 is 5.32 Å². The highest BCUT2D eigenvalue weighted by atomic mass is 19.1. The molecule has 0 radical (unpaired) electrons. The maximum atomic E-state index is 13.0. The summed E-state index contributed by atoms with van der Waals surface area (Å²) in [5, 5.41) is 14.1. The first-order valence-corrected chi connectivity index (χ1v) is 6.22. The van der Waals surface area contributed by atoms with Gasteiger partial charge in [-0.1, -0.05) is 12.1 Å². The number of nitrogens with one attached hydrogen (secondary N) is 1. The van der Waals surface area contributed by atoms with Gasteiger partial charge in [-0.2, -0.15) is 0 Å². The molecule has 0 saturated carbocycles. The lowest BCUT2D eigenvalue weighted by Crippen LogP contribution is -2.04. The highest BCUT2D eigenvalue weighted by Crippen LogP contribution is 2.23. The largest absolute Gasteiger partial charge is 0.381 e. The van der Waals surface area contributed by atoms with Crippen molar-refractivity contribution < 1.29 is 9.31 Å². The maximum absolute atomic E-state index is 13.0. The fraction of sp³-hybridized carbons (Fsp3) is 0.200. The summed E-state index contributed by atoms with van der Waals surface area (Å²) in [5.41, 5.74) is 3.22. The molecule has 104 valence electrons. The first-order chi connectivity index (χ1) is 9.49. The molecule has 0 unspecified atom stereocenters. The number of nitro benzene ring substituents is 1. The second kappa shape index (κ2) is 5.69. The third-order valence-electron chi connectivity index (χ3n) is 3.27. The van der Waals surface area contributed by atoms with Crippen molar-refractivity contribution >= 4 is 11.4 Å². The third-order valence-corrected chi connectivity index (χ3v) is 3.27. The molecule has 0 aliphatic carbocycles. The molecule has 2 rings (SSSR count). The third kappa shape index (κ3) is 2.93. The second-order valence-corrected chi connectivity index (χ2v) is 4.63. The molecular weight excluding hydrogens is 259 g/mol. The molecule has 20 heavy (non-hydrogen) atoms. The van der Waals surface area contributed by atoms with Crippen molar-refractivity contribution in [3.05, 3.63) is 69.0 Å². The highest BCUT2D eigenvalue weighted by molar-refractivity contribution is 5.52. The van der Waals surface area contributed by atoms with Crippen LogP contribution in [0.2, 0.25) is 0 Å². The standard InChI is InChI=1S/C15H15FN2O2/c1-10-8-13(16)6-7-14(10)17-9-12-4-3-5-15(11(12)2)18(19)20/h3-8,17H,9H2,1-2H3. The summed E-state index contributed by atoms with van der Waals surface area (Å²) in [6.45, 7) is 4.00. The quantitative estimate of drug-likeness (QED) is 0.678. The Morgan fingerprint density at radius 2 is 2.00 bits per heavy atom. The Hall–Kier alpha value is -2.43. The van der Waals surface area contributed by atoms with E-state index in [1.54, 1.807) is 19.1 Å². The lowest BCUT2D eigenvalue weighted by Gasteiger charge is -2.11. The molecule has 0 bridgehead atoms. The normalized spacial score (nSPS) is 10.3. The molecule has 0 aliphatic heterocycles. The van der Waals surface area contributed by atoms with Gasteiger partial charge >= 0.3 is 0 Å². The fourth-order valence-corrected chi connectivity index (χ4v) is 2.08. The van der Waals surface area contributed by atoms with E-state index in [1.165, 1.54) is 18.2 Å². The van der Waals surface area contributed by atoms with Gasteiger partial charge in [0.15, 0.2) is 0 Å². The van der Waals surface area contributed by atoms with Crippen LogP contribution >= 0.6 is 0 Å². The van der Waals surface area contributed by atoms with E-state index in [2.05, 4.69) is 5.32 Å². The summed E-state index contributed by atoms with van der Waals surface area (Å²) in [6, 6.07) is 9.49. The molecular formula is C15H15FN2O2. The molecule has 5 heteroatoms. The molecule has 2 aromatic carbocycles. The van der Waals surface area contributed by atoms with E-state index in [9.17, 15) is 14.5 Å². The van der Waals surface area contributed by atoms with Crippen LogP contribution in [0.5, 0.6) is 0 Å². The fourth-order valence-electron chi connectivity index (χ4n) is 2.08. The van der Waals surface area contributed by atoms with E-state index in [0.717, 1.165) is 16.8 Å². The van der Waals surface area contributed by atoms with Crippen molar-refractivity contribution in [1.29, 1.82) is 0 Å². The van der Waals surface area contributed by atoms with Gasteiger partial charge in [0.05, 0.1) is 4.92 Å². The van der Waals surface area contributed by atoms with E-state index in [1.807, 2.05) is 13.0 Å². The number of halogens is 1. The number of anilines is 1. The van der Waals surface area contributed by atoms with Crippen molar-refractivity contribution in [1.82, 2.24) is 0 Å². The lowest BCUT2D eigenvalue weighted by atomic mass is 10.1. The number of benzene rings is 2. The number of rotatable bonds is 4. The maximum Gasteiger partial charge on any atom is 0.272 e. The summed E-state index contributed by atoms with van der Waals surface area (Å²) in [7, 11) is 0. The Labute approximate surface area is 116 Å². The number of hydrogen-bond acceptors (Lipinski definition) is 3. The Morgan fingerprint density at radius 1 is 1.25 bits per heavy atom. The first kappa shape index (κ1) is 14.0. The zero-order valence-corrected chi connectivity index (χ0v) is 11.3. The van der Waals surface area contributed by atoms with Crippen molar-refractivity contribution in [3.63, 3.8) is 0 Å². The topological polar surface area (TPSA) is 55.2 Å². The number of hydrogen-bond donors (Lipinski definition) is 1. The molecule has 0 amide bonds. The minimum Gasteiger partial charge on any atom is -0.381 e. The van der Waals surface area contributed by atoms with Crippen molar-refractivity contribution in [3.8, 4) is 0 Å². The average molecular weight is 274 g/mol. The van der Waals surface area contributed by atoms with E-state index >= 15 is 0 Å². The summed E-state index contributed by atoms with van der Waals surface area (Å²) in [4.78, 5) is 10.5. The van der Waals surface area contributed by atoms with Crippen LogP contribution in [0.1, 0.15) is 16.7 Å². The van der Waals surface area contributed by atoms with Crippen LogP contribution in [0.25, 0.3) is 0 Å². The van der Waals surface area contributed by atoms with Gasteiger partial charge in [-0.3, -0.25) is 10.1 Å². The van der Waals surface area contributed by atoms with Crippen LogP contribution in [0.4, 0.5) is 15.8 Å². The van der Waals surface area contributed by atoms with Crippen LogP contribution < -0.4 is 5.32 Å². The molecule has 1 N–H and O–H groups in total. The molecule has 0 aromatic heterocycles. The summed E-state index contributed by atoms with van der Waals surface area (Å²) >= 11 is 0. The predicted octanol–water partition coefficient (Wildman–Crippen LogP) is 3.96. The summed E-state index contributed by atoms with van der Waals surface area (Å²) in [5.74, 6) is -0.278. The van der Waals surface area contributed by atoms with E-state index < -0.39 is 0 Å². The molecule has 0 spiro atoms. The van der Waals surface area contributed by atoms with Crippen LogP contribution in [-0.2, 0) is 6.54 Å². The zero-order valence-electron chi connectivity index (χ0n) is 11.3. The van der Waals surface area contributed by atoms with Crippen LogP contribution in [0.15, 0.2) is 36.4 Å². The monoisotopic (exact) mass is 274 g/mol. The average Bonchev–Trinajstić information content (AvgIpc) is 2.39. The Balaban J connectivity index is 2.19. The first-order valence-electron chi connectivity index (χ1n) is 6.22. The van der Waals surface area contributed by atoms with Gasteiger partial charge in [0, 0.05) is 23.9 Å². The van der Waals surface area contributed by atoms with Crippen LogP contribution in [0.3, 0.4) is 0 Å². The van der Waals surface area contributed by atoms with Gasteiger partial charge in [0.1, 0.15) is 5.82 Å².